The van der Waals surface area contributed by atoms with Gasteiger partial charge in [0.05, 0.1) is 0 Å². The monoisotopic (exact) mass is 342 g/mol. The van der Waals surface area contributed by atoms with E-state index in [1.165, 1.54) is 6.08 Å². The molecule has 1 atom stereocenters. The number of carbonyl (C=O) groups excluding carboxylic acids is 2. The molecule has 0 aliphatic carbocycles. The van der Waals surface area contributed by atoms with Crippen LogP contribution in [-0.2, 0) is 9.53 Å². The quantitative estimate of drug-likeness (QED) is 0.365. The Bertz CT molecular complexity index is 885. The second kappa shape index (κ2) is 8.58. The Balaban J connectivity index is 1.81. The number of carbonyl (C=O) groups is 2. The van der Waals surface area contributed by atoms with Gasteiger partial charge in [-0.05, 0) is 11.6 Å². The zero-order valence-corrected chi connectivity index (χ0v) is 14.1. The molecule has 3 rings (SSSR count). The summed E-state index contributed by atoms with van der Waals surface area (Å²) in [7, 11) is 0. The lowest BCUT2D eigenvalue weighted by atomic mass is 10.00. The van der Waals surface area contributed by atoms with Crippen molar-refractivity contribution in [3.05, 3.63) is 114 Å². The van der Waals surface area contributed by atoms with E-state index in [0.717, 1.165) is 5.56 Å². The Morgan fingerprint density at radius 3 is 1.88 bits per heavy atom. The molecule has 0 saturated heterocycles. The van der Waals surface area contributed by atoms with Gasteiger partial charge in [-0.3, -0.25) is 4.79 Å². The van der Waals surface area contributed by atoms with E-state index < -0.39 is 12.1 Å². The van der Waals surface area contributed by atoms with Crippen LogP contribution in [0.15, 0.2) is 97.1 Å². The van der Waals surface area contributed by atoms with Crippen LogP contribution in [0.2, 0.25) is 0 Å². The van der Waals surface area contributed by atoms with Gasteiger partial charge in [0.2, 0.25) is 5.78 Å². The third-order valence-electron chi connectivity index (χ3n) is 3.84. The molecule has 3 aromatic rings. The minimum atomic E-state index is -0.980. The minimum absolute atomic E-state index is 0.252. The average Bonchev–Trinajstić information content (AvgIpc) is 2.72. The predicted molar refractivity (Wildman–Crippen MR) is 102 cm³/mol. The number of hydrogen-bond acceptors (Lipinski definition) is 3. The maximum absolute atomic E-state index is 12.9. The molecule has 0 saturated carbocycles. The van der Waals surface area contributed by atoms with Gasteiger partial charge in [-0.25, -0.2) is 4.79 Å². The van der Waals surface area contributed by atoms with E-state index in [4.69, 9.17) is 4.74 Å². The highest BCUT2D eigenvalue weighted by Crippen LogP contribution is 2.23. The van der Waals surface area contributed by atoms with Crippen LogP contribution in [0.4, 0.5) is 0 Å². The fraction of sp³-hybridized carbons (Fsp3) is 0.0435. The highest BCUT2D eigenvalue weighted by atomic mass is 16.5. The van der Waals surface area contributed by atoms with E-state index in [0.29, 0.717) is 11.1 Å². The molecule has 0 aliphatic heterocycles. The third kappa shape index (κ3) is 4.54. The van der Waals surface area contributed by atoms with Crippen molar-refractivity contribution in [3.8, 4) is 0 Å². The molecular weight excluding hydrogens is 324 g/mol. The predicted octanol–water partition coefficient (Wildman–Crippen LogP) is 4.87. The molecule has 26 heavy (non-hydrogen) atoms. The molecule has 0 fully saturated rings. The Morgan fingerprint density at radius 2 is 1.27 bits per heavy atom. The molecule has 0 spiro atoms. The van der Waals surface area contributed by atoms with Crippen molar-refractivity contribution in [1.82, 2.24) is 0 Å². The summed E-state index contributed by atoms with van der Waals surface area (Å²) in [4.78, 5) is 25.1. The van der Waals surface area contributed by atoms with Gasteiger partial charge < -0.3 is 4.74 Å². The first-order valence-electron chi connectivity index (χ1n) is 8.32. The molecule has 0 N–H and O–H groups in total. The molecule has 0 radical (unpaired) electrons. The summed E-state index contributed by atoms with van der Waals surface area (Å²) < 4.78 is 5.50. The number of benzene rings is 3. The van der Waals surface area contributed by atoms with E-state index in [9.17, 15) is 9.59 Å². The van der Waals surface area contributed by atoms with Gasteiger partial charge in [-0.1, -0.05) is 91.0 Å². The molecule has 0 heterocycles. The summed E-state index contributed by atoms with van der Waals surface area (Å²) in [5, 5.41) is 0. The lowest BCUT2D eigenvalue weighted by Gasteiger charge is -2.16. The summed E-state index contributed by atoms with van der Waals surface area (Å²) in [6.07, 6.45) is 2.02. The van der Waals surface area contributed by atoms with Gasteiger partial charge in [0.1, 0.15) is 0 Å². The van der Waals surface area contributed by atoms with Gasteiger partial charge in [0, 0.05) is 17.2 Å². The normalized spacial score (nSPS) is 11.8. The average molecular weight is 342 g/mol. The van der Waals surface area contributed by atoms with Gasteiger partial charge in [0.25, 0.3) is 0 Å². The van der Waals surface area contributed by atoms with Crippen molar-refractivity contribution >= 4 is 17.8 Å². The highest BCUT2D eigenvalue weighted by molar-refractivity contribution is 6.01. The first kappa shape index (κ1) is 17.4. The fourth-order valence-corrected chi connectivity index (χ4v) is 2.54. The lowest BCUT2D eigenvalue weighted by molar-refractivity contribution is -0.141. The van der Waals surface area contributed by atoms with Crippen molar-refractivity contribution in [2.24, 2.45) is 0 Å². The largest absolute Gasteiger partial charge is 0.446 e. The van der Waals surface area contributed by atoms with Crippen LogP contribution in [-0.4, -0.2) is 11.8 Å². The molecule has 0 bridgehead atoms. The van der Waals surface area contributed by atoms with E-state index in [-0.39, 0.29) is 5.78 Å². The number of esters is 1. The SMILES string of the molecule is O=C(/C=C/c1ccccc1)O[C@H](C(=O)c1ccccc1)c1ccccc1. The number of ketones is 1. The first-order valence-corrected chi connectivity index (χ1v) is 8.32. The summed E-state index contributed by atoms with van der Waals surface area (Å²) >= 11 is 0. The molecule has 0 unspecified atom stereocenters. The number of ether oxygens (including phenoxy) is 1. The first-order chi connectivity index (χ1) is 12.7. The van der Waals surface area contributed by atoms with Crippen LogP contribution in [0.25, 0.3) is 6.08 Å². The summed E-state index contributed by atoms with van der Waals surface area (Å²) in [5.74, 6) is -0.815. The van der Waals surface area contributed by atoms with Crippen LogP contribution >= 0.6 is 0 Å². The Hall–Kier alpha value is -3.46. The second-order valence-electron chi connectivity index (χ2n) is 5.70. The van der Waals surface area contributed by atoms with Crippen molar-refractivity contribution in [3.63, 3.8) is 0 Å². The van der Waals surface area contributed by atoms with Crippen LogP contribution in [0.3, 0.4) is 0 Å². The van der Waals surface area contributed by atoms with Crippen molar-refractivity contribution in [1.29, 1.82) is 0 Å². The lowest BCUT2D eigenvalue weighted by Crippen LogP contribution is -2.19. The molecule has 3 nitrogen and oxygen atoms in total. The molecule has 0 aliphatic rings. The minimum Gasteiger partial charge on any atom is -0.446 e. The van der Waals surface area contributed by atoms with E-state index >= 15 is 0 Å². The highest BCUT2D eigenvalue weighted by Gasteiger charge is 2.25. The van der Waals surface area contributed by atoms with Crippen molar-refractivity contribution in [2.75, 3.05) is 0 Å². The molecule has 0 amide bonds. The van der Waals surface area contributed by atoms with Crippen molar-refractivity contribution < 1.29 is 14.3 Å². The number of hydrogen-bond donors (Lipinski definition) is 0. The Labute approximate surface area is 152 Å². The van der Waals surface area contributed by atoms with Gasteiger partial charge >= 0.3 is 5.97 Å². The van der Waals surface area contributed by atoms with E-state index in [1.54, 1.807) is 42.5 Å². The van der Waals surface area contributed by atoms with Gasteiger partial charge in [-0.2, -0.15) is 0 Å². The molecule has 128 valence electrons. The third-order valence-corrected chi connectivity index (χ3v) is 3.84. The molecular formula is C23H18O3. The van der Waals surface area contributed by atoms with E-state index in [1.807, 2.05) is 54.6 Å². The maximum atomic E-state index is 12.9. The molecule has 3 aromatic carbocycles. The number of Topliss-reactive ketones (excluding diaryl/α,β-unsaturated/α-hetero) is 1. The van der Waals surface area contributed by atoms with Crippen LogP contribution in [0, 0.1) is 0 Å². The zero-order chi connectivity index (χ0) is 18.2. The van der Waals surface area contributed by atoms with E-state index in [2.05, 4.69) is 0 Å². The van der Waals surface area contributed by atoms with Crippen LogP contribution < -0.4 is 0 Å². The maximum Gasteiger partial charge on any atom is 0.331 e. The van der Waals surface area contributed by atoms with Crippen LogP contribution in [0.1, 0.15) is 27.6 Å². The topological polar surface area (TPSA) is 43.4 Å². The van der Waals surface area contributed by atoms with Crippen molar-refractivity contribution in [2.45, 2.75) is 6.10 Å². The Kier molecular flexibility index (Phi) is 5.73. The summed E-state index contributed by atoms with van der Waals surface area (Å²) in [6, 6.07) is 27.3. The Morgan fingerprint density at radius 1 is 0.731 bits per heavy atom. The standard InChI is InChI=1S/C23H18O3/c24-21(17-16-18-10-4-1-5-11-18)26-23(20-14-8-3-9-15-20)22(25)19-12-6-2-7-13-19/h1-17,23H/b17-16+/t23-/m0/s1. The second-order valence-corrected chi connectivity index (χ2v) is 5.70. The zero-order valence-electron chi connectivity index (χ0n) is 14.1. The van der Waals surface area contributed by atoms with Gasteiger partial charge in [-0.15, -0.1) is 0 Å². The van der Waals surface area contributed by atoms with Crippen LogP contribution in [0.5, 0.6) is 0 Å². The molecule has 3 heteroatoms. The van der Waals surface area contributed by atoms with Gasteiger partial charge in [0.15, 0.2) is 6.10 Å². The summed E-state index contributed by atoms with van der Waals surface area (Å²) in [6.45, 7) is 0. The molecule has 0 aromatic heterocycles. The smallest absolute Gasteiger partial charge is 0.331 e. The summed E-state index contributed by atoms with van der Waals surface area (Å²) in [5.41, 5.74) is 2.03. The number of rotatable bonds is 6. The fourth-order valence-electron chi connectivity index (χ4n) is 2.54.